The second kappa shape index (κ2) is 7.07. The topological polar surface area (TPSA) is 61.6 Å². The van der Waals surface area contributed by atoms with E-state index in [1.165, 1.54) is 0 Å². The van der Waals surface area contributed by atoms with Gasteiger partial charge in [0.1, 0.15) is 0 Å². The van der Waals surface area contributed by atoms with E-state index in [1.54, 1.807) is 4.90 Å². The lowest BCUT2D eigenvalue weighted by molar-refractivity contribution is 0.0721. The van der Waals surface area contributed by atoms with Crippen molar-refractivity contribution < 1.29 is 9.90 Å². The van der Waals surface area contributed by atoms with Gasteiger partial charge in [0.15, 0.2) is 0 Å². The van der Waals surface area contributed by atoms with Crippen molar-refractivity contribution in [2.75, 3.05) is 20.1 Å². The quantitative estimate of drug-likeness (QED) is 0.826. The Morgan fingerprint density at radius 2 is 2.04 bits per heavy atom. The molecule has 0 radical (unpaired) electrons. The van der Waals surface area contributed by atoms with Gasteiger partial charge in [0.05, 0.1) is 17.6 Å². The number of carbonyl (C=O) groups is 1. The Balaban J connectivity index is 1.61. The van der Waals surface area contributed by atoms with Crippen molar-refractivity contribution in [1.29, 1.82) is 0 Å². The van der Waals surface area contributed by atoms with Gasteiger partial charge in [-0.3, -0.25) is 4.68 Å². The first kappa shape index (κ1) is 19.2. The highest BCUT2D eigenvalue weighted by molar-refractivity contribution is 5.79. The summed E-state index contributed by atoms with van der Waals surface area (Å²) in [7, 11) is 2.20. The number of nitrogens with zero attached hydrogens (tertiary/aromatic N) is 4. The summed E-state index contributed by atoms with van der Waals surface area (Å²) < 4.78 is 2.14. The monoisotopic (exact) mass is 384 g/mol. The van der Waals surface area contributed by atoms with Crippen molar-refractivity contribution in [1.82, 2.24) is 19.6 Å². The second-order valence-corrected chi connectivity index (χ2v) is 9.44. The van der Waals surface area contributed by atoms with E-state index in [1.807, 2.05) is 0 Å². The number of aromatic nitrogens is 2. The Hall–Kier alpha value is -2.08. The van der Waals surface area contributed by atoms with Gasteiger partial charge in [0, 0.05) is 30.2 Å². The average molecular weight is 385 g/mol. The first-order chi connectivity index (χ1) is 13.2. The normalized spacial score (nSPS) is 28.6. The van der Waals surface area contributed by atoms with Gasteiger partial charge in [-0.25, -0.2) is 4.79 Å². The Morgan fingerprint density at radius 3 is 2.75 bits per heavy atom. The van der Waals surface area contributed by atoms with Crippen LogP contribution in [-0.2, 0) is 0 Å². The molecule has 0 aliphatic carbocycles. The van der Waals surface area contributed by atoms with Gasteiger partial charge >= 0.3 is 6.09 Å². The molecular weight excluding hydrogens is 352 g/mol. The van der Waals surface area contributed by atoms with Crippen molar-refractivity contribution in [2.24, 2.45) is 5.92 Å². The Kier molecular flexibility index (Phi) is 4.86. The van der Waals surface area contributed by atoms with E-state index in [9.17, 15) is 9.90 Å². The standard InChI is InChI=1S/C22H32N4O2/c1-15-5-8-20(25(13-15)21(27)28)16-6-7-19-17(11-16)14-26(23-19)18-9-10-24(4)22(2,3)12-18/h6-7,11,14-15,18,20H,5,8-10,12-13H2,1-4H3,(H,27,28)/t15-,18?,20+/m0/s1. The molecule has 28 heavy (non-hydrogen) atoms. The van der Waals surface area contributed by atoms with Crippen LogP contribution in [-0.4, -0.2) is 56.5 Å². The molecule has 3 atom stereocenters. The number of fused-ring (bicyclic) bond motifs is 1. The lowest BCUT2D eigenvalue weighted by Crippen LogP contribution is -2.47. The minimum Gasteiger partial charge on any atom is -0.465 e. The summed E-state index contributed by atoms with van der Waals surface area (Å²) in [6.07, 6.45) is 5.47. The Bertz CT molecular complexity index is 875. The number of likely N-dealkylation sites (tertiary alicyclic amines) is 2. The van der Waals surface area contributed by atoms with E-state index in [0.29, 0.717) is 18.5 Å². The summed E-state index contributed by atoms with van der Waals surface area (Å²) >= 11 is 0. The number of benzene rings is 1. The van der Waals surface area contributed by atoms with Crippen LogP contribution in [0.4, 0.5) is 4.79 Å². The molecule has 0 saturated carbocycles. The van der Waals surface area contributed by atoms with Gasteiger partial charge in [-0.15, -0.1) is 0 Å². The summed E-state index contributed by atoms with van der Waals surface area (Å²) in [4.78, 5) is 15.8. The molecule has 0 bridgehead atoms. The fourth-order valence-electron chi connectivity index (χ4n) is 4.87. The highest BCUT2D eigenvalue weighted by Gasteiger charge is 2.34. The van der Waals surface area contributed by atoms with E-state index in [4.69, 9.17) is 5.10 Å². The lowest BCUT2D eigenvalue weighted by Gasteiger charge is -2.43. The molecular formula is C22H32N4O2. The van der Waals surface area contributed by atoms with Gasteiger partial charge in [-0.1, -0.05) is 13.0 Å². The second-order valence-electron chi connectivity index (χ2n) is 9.44. The van der Waals surface area contributed by atoms with Crippen molar-refractivity contribution >= 4 is 17.0 Å². The van der Waals surface area contributed by atoms with Gasteiger partial charge in [-0.2, -0.15) is 5.10 Å². The first-order valence-electron chi connectivity index (χ1n) is 10.4. The van der Waals surface area contributed by atoms with E-state index >= 15 is 0 Å². The van der Waals surface area contributed by atoms with Crippen molar-refractivity contribution in [3.63, 3.8) is 0 Å². The van der Waals surface area contributed by atoms with Crippen molar-refractivity contribution in [3.8, 4) is 0 Å². The van der Waals surface area contributed by atoms with Crippen LogP contribution in [0.5, 0.6) is 0 Å². The molecule has 6 heteroatoms. The average Bonchev–Trinajstić information content (AvgIpc) is 3.07. The third-order valence-corrected chi connectivity index (χ3v) is 6.93. The number of piperidine rings is 2. The molecule has 2 aliphatic heterocycles. The zero-order valence-electron chi connectivity index (χ0n) is 17.4. The Morgan fingerprint density at radius 1 is 1.25 bits per heavy atom. The van der Waals surface area contributed by atoms with Crippen LogP contribution in [0, 0.1) is 5.92 Å². The molecule has 1 aromatic heterocycles. The number of amides is 1. The molecule has 1 unspecified atom stereocenters. The maximum Gasteiger partial charge on any atom is 0.407 e. The lowest BCUT2D eigenvalue weighted by atomic mass is 9.87. The van der Waals surface area contributed by atoms with Crippen LogP contribution in [0.25, 0.3) is 10.9 Å². The van der Waals surface area contributed by atoms with Crippen LogP contribution in [0.2, 0.25) is 0 Å². The molecule has 6 nitrogen and oxygen atoms in total. The first-order valence-corrected chi connectivity index (χ1v) is 10.4. The minimum absolute atomic E-state index is 0.0521. The van der Waals surface area contributed by atoms with E-state index < -0.39 is 6.09 Å². The molecule has 1 N–H and O–H groups in total. The fourth-order valence-corrected chi connectivity index (χ4v) is 4.87. The molecule has 1 amide bonds. The van der Waals surface area contributed by atoms with Gasteiger partial charge < -0.3 is 14.9 Å². The van der Waals surface area contributed by atoms with Crippen molar-refractivity contribution in [3.05, 3.63) is 30.0 Å². The minimum atomic E-state index is -0.819. The van der Waals surface area contributed by atoms with Crippen LogP contribution in [0.1, 0.15) is 64.1 Å². The third-order valence-electron chi connectivity index (χ3n) is 6.93. The third kappa shape index (κ3) is 3.50. The summed E-state index contributed by atoms with van der Waals surface area (Å²) in [5, 5.41) is 15.6. The van der Waals surface area contributed by atoms with Crippen LogP contribution < -0.4 is 0 Å². The molecule has 0 spiro atoms. The molecule has 3 heterocycles. The predicted molar refractivity (Wildman–Crippen MR) is 111 cm³/mol. The summed E-state index contributed by atoms with van der Waals surface area (Å²) in [6, 6.07) is 6.63. The highest BCUT2D eigenvalue weighted by Crippen LogP contribution is 2.36. The smallest absolute Gasteiger partial charge is 0.407 e. The number of hydrogen-bond donors (Lipinski definition) is 1. The van der Waals surface area contributed by atoms with Crippen LogP contribution in [0.15, 0.2) is 24.4 Å². The molecule has 1 aromatic carbocycles. The molecule has 2 saturated heterocycles. The fraction of sp³-hybridized carbons (Fsp3) is 0.636. The van der Waals surface area contributed by atoms with E-state index in [0.717, 1.165) is 48.7 Å². The molecule has 2 aliphatic rings. The predicted octanol–water partition coefficient (Wildman–Crippen LogP) is 4.53. The maximum absolute atomic E-state index is 11.8. The zero-order valence-corrected chi connectivity index (χ0v) is 17.4. The number of carboxylic acid groups (broad SMARTS) is 1. The zero-order chi connectivity index (χ0) is 20.1. The molecule has 2 aromatic rings. The van der Waals surface area contributed by atoms with Crippen LogP contribution >= 0.6 is 0 Å². The molecule has 4 rings (SSSR count). The Labute approximate surface area is 167 Å². The molecule has 2 fully saturated rings. The van der Waals surface area contributed by atoms with Gasteiger partial charge in [-0.05, 0) is 70.2 Å². The largest absolute Gasteiger partial charge is 0.465 e. The van der Waals surface area contributed by atoms with Gasteiger partial charge in [0.2, 0.25) is 0 Å². The summed E-state index contributed by atoms with van der Waals surface area (Å²) in [5.74, 6) is 0.423. The SMILES string of the molecule is C[C@H]1CC[C@H](c2ccc3nn(C4CCN(C)C(C)(C)C4)cc3c2)N(C(=O)O)C1. The van der Waals surface area contributed by atoms with Crippen molar-refractivity contribution in [2.45, 2.75) is 64.1 Å². The maximum atomic E-state index is 11.8. The van der Waals surface area contributed by atoms with Gasteiger partial charge in [0.25, 0.3) is 0 Å². The van der Waals surface area contributed by atoms with Crippen LogP contribution in [0.3, 0.4) is 0 Å². The van der Waals surface area contributed by atoms with E-state index in [2.05, 4.69) is 61.8 Å². The summed E-state index contributed by atoms with van der Waals surface area (Å²) in [6.45, 7) is 8.41. The number of rotatable bonds is 2. The molecule has 152 valence electrons. The highest BCUT2D eigenvalue weighted by atomic mass is 16.4. The number of hydrogen-bond acceptors (Lipinski definition) is 3. The summed E-state index contributed by atoms with van der Waals surface area (Å²) in [5.41, 5.74) is 2.25. The van der Waals surface area contributed by atoms with E-state index in [-0.39, 0.29) is 11.6 Å².